The van der Waals surface area contributed by atoms with Gasteiger partial charge in [0.05, 0.1) is 23.9 Å². The summed E-state index contributed by atoms with van der Waals surface area (Å²) >= 11 is 6.00. The van der Waals surface area contributed by atoms with Crippen molar-refractivity contribution >= 4 is 28.8 Å². The minimum atomic E-state index is 0.00526. The molecule has 3 N–H and O–H groups in total. The van der Waals surface area contributed by atoms with E-state index < -0.39 is 0 Å². The Balaban J connectivity index is 2.23. The molecule has 2 rings (SSSR count). The van der Waals surface area contributed by atoms with Crippen molar-refractivity contribution in [2.45, 2.75) is 20.0 Å². The lowest BCUT2D eigenvalue weighted by Crippen LogP contribution is -2.09. The van der Waals surface area contributed by atoms with Gasteiger partial charge in [-0.25, -0.2) is 0 Å². The summed E-state index contributed by atoms with van der Waals surface area (Å²) in [5.41, 5.74) is 7.16. The number of rotatable bonds is 5. The quantitative estimate of drug-likeness (QED) is 0.878. The van der Waals surface area contributed by atoms with Crippen LogP contribution in [0.3, 0.4) is 0 Å². The van der Waals surface area contributed by atoms with E-state index in [2.05, 4.69) is 10.3 Å². The predicted octanol–water partition coefficient (Wildman–Crippen LogP) is 3.86. The number of nitrogens with one attached hydrogen (secondary N) is 1. The minimum Gasteiger partial charge on any atom is -0.495 e. The highest BCUT2D eigenvalue weighted by Crippen LogP contribution is 2.29. The molecule has 21 heavy (non-hydrogen) atoms. The maximum Gasteiger partial charge on any atom is 0.239 e. The molecule has 0 aliphatic carbocycles. The van der Waals surface area contributed by atoms with Crippen LogP contribution in [0.25, 0.3) is 0 Å². The highest BCUT2D eigenvalue weighted by atomic mass is 35.5. The average molecular weight is 308 g/mol. The lowest BCUT2D eigenvalue weighted by molar-refractivity contribution is 0.234. The monoisotopic (exact) mass is 307 g/mol. The van der Waals surface area contributed by atoms with Crippen molar-refractivity contribution in [1.82, 2.24) is 4.98 Å². The largest absolute Gasteiger partial charge is 0.495 e. The second-order valence-electron chi connectivity index (χ2n) is 4.73. The zero-order valence-electron chi connectivity index (χ0n) is 12.2. The first-order chi connectivity index (χ1) is 9.99. The van der Waals surface area contributed by atoms with E-state index >= 15 is 0 Å². The smallest absolute Gasteiger partial charge is 0.239 e. The third kappa shape index (κ3) is 3.92. The lowest BCUT2D eigenvalue weighted by Gasteiger charge is -2.13. The zero-order chi connectivity index (χ0) is 15.4. The molecule has 0 amide bonds. The minimum absolute atomic E-state index is 0.00526. The van der Waals surface area contributed by atoms with E-state index in [9.17, 15) is 0 Å². The molecule has 0 bridgehead atoms. The van der Waals surface area contributed by atoms with Gasteiger partial charge in [0.2, 0.25) is 5.88 Å². The van der Waals surface area contributed by atoms with E-state index in [1.807, 2.05) is 19.9 Å². The van der Waals surface area contributed by atoms with Crippen LogP contribution in [0, 0.1) is 0 Å². The van der Waals surface area contributed by atoms with Crippen LogP contribution in [0.5, 0.6) is 11.6 Å². The number of nitrogen functional groups attached to an aromatic ring is 1. The summed E-state index contributed by atoms with van der Waals surface area (Å²) < 4.78 is 10.7. The summed E-state index contributed by atoms with van der Waals surface area (Å²) in [6.45, 7) is 3.84. The summed E-state index contributed by atoms with van der Waals surface area (Å²) in [5, 5.41) is 3.71. The van der Waals surface area contributed by atoms with Crippen molar-refractivity contribution < 1.29 is 9.47 Å². The van der Waals surface area contributed by atoms with Gasteiger partial charge in [0.1, 0.15) is 11.6 Å². The van der Waals surface area contributed by atoms with Gasteiger partial charge in [0.25, 0.3) is 0 Å². The van der Waals surface area contributed by atoms with Gasteiger partial charge in [-0.3, -0.25) is 0 Å². The fourth-order valence-corrected chi connectivity index (χ4v) is 1.92. The molecular weight excluding hydrogens is 290 g/mol. The molecule has 0 aliphatic heterocycles. The number of aromatic nitrogens is 1. The van der Waals surface area contributed by atoms with Crippen LogP contribution in [0.4, 0.5) is 17.2 Å². The number of ether oxygens (including phenoxy) is 2. The molecule has 0 atom stereocenters. The first kappa shape index (κ1) is 15.3. The van der Waals surface area contributed by atoms with Crippen LogP contribution in [0.2, 0.25) is 5.02 Å². The average Bonchev–Trinajstić information content (AvgIpc) is 2.44. The Labute approximate surface area is 129 Å². The Bertz CT molecular complexity index is 632. The molecule has 5 nitrogen and oxygen atoms in total. The summed E-state index contributed by atoms with van der Waals surface area (Å²) in [5.74, 6) is 1.64. The maximum absolute atomic E-state index is 6.00. The number of nitrogens with zero attached hydrogens (tertiary/aromatic N) is 1. The van der Waals surface area contributed by atoms with Crippen molar-refractivity contribution in [3.63, 3.8) is 0 Å². The van der Waals surface area contributed by atoms with Crippen molar-refractivity contribution in [2.24, 2.45) is 0 Å². The Morgan fingerprint density at radius 3 is 2.67 bits per heavy atom. The predicted molar refractivity (Wildman–Crippen MR) is 85.7 cm³/mol. The molecule has 6 heteroatoms. The Kier molecular flexibility index (Phi) is 4.75. The molecule has 1 aromatic carbocycles. The van der Waals surface area contributed by atoms with Crippen molar-refractivity contribution in [3.05, 3.63) is 35.4 Å². The zero-order valence-corrected chi connectivity index (χ0v) is 12.9. The van der Waals surface area contributed by atoms with Crippen LogP contribution in [0.1, 0.15) is 13.8 Å². The van der Waals surface area contributed by atoms with Crippen molar-refractivity contribution in [1.29, 1.82) is 0 Å². The van der Waals surface area contributed by atoms with Crippen LogP contribution < -0.4 is 20.5 Å². The lowest BCUT2D eigenvalue weighted by atomic mass is 10.3. The van der Waals surface area contributed by atoms with E-state index in [1.165, 1.54) is 0 Å². The number of nitrogens with two attached hydrogens (primary N) is 1. The molecule has 0 saturated heterocycles. The normalized spacial score (nSPS) is 10.5. The molecule has 0 fully saturated rings. The topological polar surface area (TPSA) is 69.4 Å². The molecule has 0 aliphatic rings. The third-order valence-corrected chi connectivity index (χ3v) is 2.97. The molecular formula is C15H18ClN3O2. The molecule has 1 heterocycles. The Hall–Kier alpha value is -2.14. The van der Waals surface area contributed by atoms with Crippen LogP contribution in [-0.4, -0.2) is 18.2 Å². The molecule has 0 saturated carbocycles. The number of anilines is 3. The molecule has 0 unspecified atom stereocenters. The summed E-state index contributed by atoms with van der Waals surface area (Å²) in [6, 6.07) is 8.92. The maximum atomic E-state index is 6.00. The van der Waals surface area contributed by atoms with Gasteiger partial charge in [0, 0.05) is 11.8 Å². The fraction of sp³-hybridized carbons (Fsp3) is 0.267. The summed E-state index contributed by atoms with van der Waals surface area (Å²) in [7, 11) is 1.57. The number of hydrogen-bond donors (Lipinski definition) is 2. The van der Waals surface area contributed by atoms with E-state index in [0.717, 1.165) is 5.69 Å². The Morgan fingerprint density at radius 1 is 1.24 bits per heavy atom. The van der Waals surface area contributed by atoms with E-state index in [1.54, 1.807) is 31.4 Å². The van der Waals surface area contributed by atoms with Gasteiger partial charge in [-0.2, -0.15) is 4.98 Å². The number of pyridine rings is 1. The number of hydrogen-bond acceptors (Lipinski definition) is 5. The van der Waals surface area contributed by atoms with Gasteiger partial charge in [-0.1, -0.05) is 11.6 Å². The first-order valence-corrected chi connectivity index (χ1v) is 6.91. The standard InChI is InChI=1S/C15H18ClN3O2/c1-9(2)21-15-12(17)6-7-14(19-15)18-10-4-5-11(16)13(8-10)20-3/h4-9H,17H2,1-3H3,(H,18,19). The second kappa shape index (κ2) is 6.54. The van der Waals surface area contributed by atoms with Crippen LogP contribution in [-0.2, 0) is 0 Å². The third-order valence-electron chi connectivity index (χ3n) is 2.66. The van der Waals surface area contributed by atoms with Gasteiger partial charge >= 0.3 is 0 Å². The summed E-state index contributed by atoms with van der Waals surface area (Å²) in [4.78, 5) is 4.35. The molecule has 2 aromatic rings. The molecule has 0 spiro atoms. The highest BCUT2D eigenvalue weighted by molar-refractivity contribution is 6.32. The Morgan fingerprint density at radius 2 is 2.00 bits per heavy atom. The van der Waals surface area contributed by atoms with Crippen molar-refractivity contribution in [2.75, 3.05) is 18.2 Å². The van der Waals surface area contributed by atoms with Gasteiger partial charge in [0.15, 0.2) is 0 Å². The van der Waals surface area contributed by atoms with Gasteiger partial charge in [-0.15, -0.1) is 0 Å². The molecule has 1 aromatic heterocycles. The van der Waals surface area contributed by atoms with E-state index in [0.29, 0.717) is 28.2 Å². The second-order valence-corrected chi connectivity index (χ2v) is 5.14. The SMILES string of the molecule is COc1cc(Nc2ccc(N)c(OC(C)C)n2)ccc1Cl. The van der Waals surface area contributed by atoms with Crippen LogP contribution in [0.15, 0.2) is 30.3 Å². The van der Waals surface area contributed by atoms with E-state index in [4.69, 9.17) is 26.8 Å². The number of methoxy groups -OCH3 is 1. The fourth-order valence-electron chi connectivity index (χ4n) is 1.72. The van der Waals surface area contributed by atoms with Crippen LogP contribution >= 0.6 is 11.6 Å². The summed E-state index contributed by atoms with van der Waals surface area (Å²) in [6.07, 6.45) is 0.00526. The van der Waals surface area contributed by atoms with Crippen molar-refractivity contribution in [3.8, 4) is 11.6 Å². The number of benzene rings is 1. The van der Waals surface area contributed by atoms with E-state index in [-0.39, 0.29) is 6.10 Å². The van der Waals surface area contributed by atoms with Gasteiger partial charge < -0.3 is 20.5 Å². The van der Waals surface area contributed by atoms with Gasteiger partial charge in [-0.05, 0) is 38.1 Å². The highest BCUT2D eigenvalue weighted by Gasteiger charge is 2.08. The number of halogens is 1. The first-order valence-electron chi connectivity index (χ1n) is 6.53. The molecule has 0 radical (unpaired) electrons. The molecule has 112 valence electrons.